The van der Waals surface area contributed by atoms with Gasteiger partial charge in [-0.2, -0.15) is 0 Å². The number of aliphatic hydroxyl groups excluding tert-OH is 1. The van der Waals surface area contributed by atoms with E-state index in [0.29, 0.717) is 19.6 Å². The molecule has 1 atom stereocenters. The van der Waals surface area contributed by atoms with E-state index in [0.717, 1.165) is 24.9 Å². The molecule has 0 spiro atoms. The number of benzene rings is 1. The Morgan fingerprint density at radius 1 is 1.17 bits per heavy atom. The molecule has 2 amide bonds. The Labute approximate surface area is 136 Å². The van der Waals surface area contributed by atoms with Gasteiger partial charge in [0.2, 0.25) is 0 Å². The number of rotatable bonds is 1. The topological polar surface area (TPSA) is 60.9 Å². The summed E-state index contributed by atoms with van der Waals surface area (Å²) in [4.78, 5) is 28.4. The second-order valence-electron chi connectivity index (χ2n) is 6.65. The van der Waals surface area contributed by atoms with E-state index < -0.39 is 11.8 Å². The van der Waals surface area contributed by atoms with E-state index in [1.165, 1.54) is 11.1 Å². The third-order valence-corrected chi connectivity index (χ3v) is 5.20. The Morgan fingerprint density at radius 2 is 1.87 bits per heavy atom. The second-order valence-corrected chi connectivity index (χ2v) is 6.65. The molecule has 1 fully saturated rings. The lowest BCUT2D eigenvalue weighted by Gasteiger charge is -2.33. The Balaban J connectivity index is 1.68. The van der Waals surface area contributed by atoms with Crippen molar-refractivity contribution in [1.82, 2.24) is 4.90 Å². The van der Waals surface area contributed by atoms with Gasteiger partial charge in [-0.1, -0.05) is 12.1 Å². The van der Waals surface area contributed by atoms with Gasteiger partial charge in [0, 0.05) is 25.3 Å². The first-order chi connectivity index (χ1) is 11.0. The highest BCUT2D eigenvalue weighted by atomic mass is 16.3. The van der Waals surface area contributed by atoms with Gasteiger partial charge in [-0.15, -0.1) is 0 Å². The molecule has 5 nitrogen and oxygen atoms in total. The van der Waals surface area contributed by atoms with Crippen LogP contribution >= 0.6 is 0 Å². The molecular weight excluding hydrogens is 292 g/mol. The van der Waals surface area contributed by atoms with Crippen LogP contribution in [-0.2, 0) is 16.0 Å². The molecule has 0 bridgehead atoms. The van der Waals surface area contributed by atoms with Gasteiger partial charge in [0.05, 0.1) is 6.10 Å². The molecule has 23 heavy (non-hydrogen) atoms. The first-order valence-electron chi connectivity index (χ1n) is 8.36. The summed E-state index contributed by atoms with van der Waals surface area (Å²) < 4.78 is 0. The summed E-state index contributed by atoms with van der Waals surface area (Å²) in [6.07, 6.45) is 1.97. The second kappa shape index (κ2) is 6.32. The van der Waals surface area contributed by atoms with E-state index in [9.17, 15) is 14.7 Å². The number of carbonyl (C=O) groups excluding carboxylic acids is 2. The number of nitrogens with zero attached hydrogens (tertiary/aromatic N) is 2. The minimum absolute atomic E-state index is 0.226. The van der Waals surface area contributed by atoms with Crippen molar-refractivity contribution < 1.29 is 14.7 Å². The lowest BCUT2D eigenvalue weighted by molar-refractivity contribution is -0.145. The number of amides is 2. The SMILES string of the molecule is Cc1cccc2c1CCN2C(=O)C(=O)N1CCC(C(C)O)CC1. The summed E-state index contributed by atoms with van der Waals surface area (Å²) >= 11 is 0. The molecule has 1 aromatic carbocycles. The molecule has 0 aromatic heterocycles. The average molecular weight is 316 g/mol. The van der Waals surface area contributed by atoms with Gasteiger partial charge in [-0.25, -0.2) is 0 Å². The average Bonchev–Trinajstić information content (AvgIpc) is 2.99. The first kappa shape index (κ1) is 16.0. The van der Waals surface area contributed by atoms with E-state index in [1.807, 2.05) is 25.1 Å². The smallest absolute Gasteiger partial charge is 0.316 e. The van der Waals surface area contributed by atoms with Crippen LogP contribution < -0.4 is 4.90 Å². The minimum atomic E-state index is -0.426. The summed E-state index contributed by atoms with van der Waals surface area (Å²) in [7, 11) is 0. The zero-order valence-corrected chi connectivity index (χ0v) is 13.8. The van der Waals surface area contributed by atoms with Crippen molar-refractivity contribution in [3.05, 3.63) is 29.3 Å². The highest BCUT2D eigenvalue weighted by Crippen LogP contribution is 2.31. The lowest BCUT2D eigenvalue weighted by Crippen LogP contribution is -2.48. The van der Waals surface area contributed by atoms with Crippen LogP contribution in [0.4, 0.5) is 5.69 Å². The third kappa shape index (κ3) is 2.98. The number of fused-ring (bicyclic) bond motifs is 1. The van der Waals surface area contributed by atoms with Gasteiger partial charge in [0.1, 0.15) is 0 Å². The van der Waals surface area contributed by atoms with Gasteiger partial charge in [-0.3, -0.25) is 9.59 Å². The van der Waals surface area contributed by atoms with Crippen LogP contribution in [0.1, 0.15) is 30.9 Å². The number of hydrogen-bond acceptors (Lipinski definition) is 3. The zero-order valence-electron chi connectivity index (χ0n) is 13.8. The highest BCUT2D eigenvalue weighted by Gasteiger charge is 2.34. The van der Waals surface area contributed by atoms with E-state index in [4.69, 9.17) is 0 Å². The van der Waals surface area contributed by atoms with Crippen molar-refractivity contribution in [1.29, 1.82) is 0 Å². The van der Waals surface area contributed by atoms with Crippen molar-refractivity contribution in [3.8, 4) is 0 Å². The first-order valence-corrected chi connectivity index (χ1v) is 8.36. The van der Waals surface area contributed by atoms with Crippen molar-refractivity contribution in [3.63, 3.8) is 0 Å². The number of aliphatic hydroxyl groups is 1. The van der Waals surface area contributed by atoms with Gasteiger partial charge in [-0.05, 0) is 56.2 Å². The Hall–Kier alpha value is -1.88. The molecule has 0 aliphatic carbocycles. The molecule has 0 radical (unpaired) electrons. The maximum atomic E-state index is 12.6. The van der Waals surface area contributed by atoms with E-state index in [1.54, 1.807) is 16.7 Å². The quantitative estimate of drug-likeness (QED) is 0.799. The van der Waals surface area contributed by atoms with Crippen LogP contribution in [0.25, 0.3) is 0 Å². The van der Waals surface area contributed by atoms with Gasteiger partial charge < -0.3 is 14.9 Å². The summed E-state index contributed by atoms with van der Waals surface area (Å²) in [5.41, 5.74) is 3.21. The molecule has 2 aliphatic rings. The molecule has 1 saturated heterocycles. The standard InChI is InChI=1S/C18H24N2O3/c1-12-4-3-5-16-15(12)8-11-20(16)18(23)17(22)19-9-6-14(7-10-19)13(2)21/h3-5,13-14,21H,6-11H2,1-2H3. The highest BCUT2D eigenvalue weighted by molar-refractivity contribution is 6.40. The van der Waals surface area contributed by atoms with Gasteiger partial charge in [0.25, 0.3) is 0 Å². The van der Waals surface area contributed by atoms with Crippen molar-refractivity contribution in [2.75, 3.05) is 24.5 Å². The number of likely N-dealkylation sites (tertiary alicyclic amines) is 1. The number of aryl methyl sites for hydroxylation is 1. The minimum Gasteiger partial charge on any atom is -0.393 e. The van der Waals surface area contributed by atoms with E-state index in [-0.39, 0.29) is 12.0 Å². The largest absolute Gasteiger partial charge is 0.393 e. The van der Waals surface area contributed by atoms with Crippen LogP contribution in [0, 0.1) is 12.8 Å². The fourth-order valence-corrected chi connectivity index (χ4v) is 3.66. The maximum absolute atomic E-state index is 12.6. The van der Waals surface area contributed by atoms with Crippen molar-refractivity contribution in [2.24, 2.45) is 5.92 Å². The fraction of sp³-hybridized carbons (Fsp3) is 0.556. The van der Waals surface area contributed by atoms with Crippen molar-refractivity contribution >= 4 is 17.5 Å². The molecule has 3 rings (SSSR count). The normalized spacial score (nSPS) is 19.6. The number of carbonyl (C=O) groups is 2. The van der Waals surface area contributed by atoms with Gasteiger partial charge >= 0.3 is 11.8 Å². The Morgan fingerprint density at radius 3 is 2.52 bits per heavy atom. The zero-order chi connectivity index (χ0) is 16.6. The predicted molar refractivity (Wildman–Crippen MR) is 88.2 cm³/mol. The Kier molecular flexibility index (Phi) is 4.39. The number of piperidine rings is 1. The van der Waals surface area contributed by atoms with Crippen LogP contribution in [-0.4, -0.2) is 47.6 Å². The Bertz CT molecular complexity index is 619. The predicted octanol–water partition coefficient (Wildman–Crippen LogP) is 1.50. The molecule has 124 valence electrons. The van der Waals surface area contributed by atoms with Crippen molar-refractivity contribution in [2.45, 2.75) is 39.2 Å². The van der Waals surface area contributed by atoms with E-state index >= 15 is 0 Å². The monoisotopic (exact) mass is 316 g/mol. The molecule has 1 unspecified atom stereocenters. The summed E-state index contributed by atoms with van der Waals surface area (Å²) in [6, 6.07) is 5.88. The molecule has 2 heterocycles. The lowest BCUT2D eigenvalue weighted by atomic mass is 9.92. The summed E-state index contributed by atoms with van der Waals surface area (Å²) in [6.45, 7) is 5.50. The van der Waals surface area contributed by atoms with Crippen LogP contribution in [0.2, 0.25) is 0 Å². The van der Waals surface area contributed by atoms with E-state index in [2.05, 4.69) is 0 Å². The third-order valence-electron chi connectivity index (χ3n) is 5.20. The molecule has 0 saturated carbocycles. The van der Waals surface area contributed by atoms with Crippen LogP contribution in [0.15, 0.2) is 18.2 Å². The van der Waals surface area contributed by atoms with Gasteiger partial charge in [0.15, 0.2) is 0 Å². The molecule has 1 aromatic rings. The molecular formula is C18H24N2O3. The molecule has 1 N–H and O–H groups in total. The maximum Gasteiger partial charge on any atom is 0.316 e. The summed E-state index contributed by atoms with van der Waals surface area (Å²) in [5, 5.41) is 9.64. The van der Waals surface area contributed by atoms with Crippen LogP contribution in [0.3, 0.4) is 0 Å². The number of anilines is 1. The summed E-state index contributed by atoms with van der Waals surface area (Å²) in [5.74, 6) is -0.613. The molecule has 5 heteroatoms. The van der Waals surface area contributed by atoms with Crippen LogP contribution in [0.5, 0.6) is 0 Å². The number of hydrogen-bond donors (Lipinski definition) is 1. The fourth-order valence-electron chi connectivity index (χ4n) is 3.66. The molecule has 2 aliphatic heterocycles.